The number of carbonyl (C=O) groups excluding carboxylic acids is 1. The van der Waals surface area contributed by atoms with E-state index >= 15 is 0 Å². The van der Waals surface area contributed by atoms with Crippen LogP contribution in [0.5, 0.6) is 11.5 Å². The van der Waals surface area contributed by atoms with Crippen LogP contribution in [0.25, 0.3) is 0 Å². The number of hydrogen-bond donors (Lipinski definition) is 1. The molecule has 3 rings (SSSR count). The Balaban J connectivity index is 2.05. The zero-order valence-corrected chi connectivity index (χ0v) is 18.5. The first-order valence-electron chi connectivity index (χ1n) is 10.4. The highest BCUT2D eigenvalue weighted by Crippen LogP contribution is 2.37. The minimum atomic E-state index is -0.237. The molecule has 2 heterocycles. The largest absolute Gasteiger partial charge is 0.493 e. The predicted octanol–water partition coefficient (Wildman–Crippen LogP) is 2.12. The maximum absolute atomic E-state index is 11.6. The molecule has 1 aliphatic heterocycles. The molecule has 0 saturated carbocycles. The van der Waals surface area contributed by atoms with Gasteiger partial charge in [0.1, 0.15) is 0 Å². The van der Waals surface area contributed by atoms with Gasteiger partial charge in [0.15, 0.2) is 17.3 Å². The van der Waals surface area contributed by atoms with Crippen molar-refractivity contribution >= 4 is 5.91 Å². The third-order valence-electron chi connectivity index (χ3n) is 6.20. The summed E-state index contributed by atoms with van der Waals surface area (Å²) in [6.07, 6.45) is 2.32. The summed E-state index contributed by atoms with van der Waals surface area (Å²) in [7, 11) is 3.24. The van der Waals surface area contributed by atoms with Gasteiger partial charge in [-0.05, 0) is 74.3 Å². The number of nitrogens with two attached hydrogens (primary N) is 1. The second-order valence-corrected chi connectivity index (χ2v) is 8.34. The van der Waals surface area contributed by atoms with E-state index in [1.54, 1.807) is 14.2 Å². The van der Waals surface area contributed by atoms with Crippen molar-refractivity contribution in [2.45, 2.75) is 51.6 Å². The lowest BCUT2D eigenvalue weighted by molar-refractivity contribution is -0.123. The molecule has 2 N–H and O–H groups in total. The van der Waals surface area contributed by atoms with E-state index in [9.17, 15) is 4.79 Å². The van der Waals surface area contributed by atoms with Gasteiger partial charge >= 0.3 is 0 Å². The maximum atomic E-state index is 11.6. The van der Waals surface area contributed by atoms with Crippen LogP contribution in [0.15, 0.2) is 18.2 Å². The van der Waals surface area contributed by atoms with Gasteiger partial charge < -0.3 is 15.2 Å². The van der Waals surface area contributed by atoms with E-state index in [0.717, 1.165) is 43.7 Å². The monoisotopic (exact) mass is 416 g/mol. The summed E-state index contributed by atoms with van der Waals surface area (Å²) in [5, 5.41) is 12.8. The molecule has 1 aromatic heterocycles. The number of hydrogen-bond acceptors (Lipinski definition) is 7. The van der Waals surface area contributed by atoms with Gasteiger partial charge in [0.2, 0.25) is 5.91 Å². The molecule has 0 spiro atoms. The van der Waals surface area contributed by atoms with Crippen LogP contribution < -0.4 is 15.2 Å². The molecule has 0 radical (unpaired) electrons. The maximum Gasteiger partial charge on any atom is 0.220 e. The fraction of sp³-hybridized carbons (Fsp3) is 0.619. The number of likely N-dealkylation sites (tertiary alicyclic amines) is 1. The van der Waals surface area contributed by atoms with E-state index in [4.69, 9.17) is 15.2 Å². The second kappa shape index (κ2) is 8.99. The Kier molecular flexibility index (Phi) is 6.60. The standard InChI is InChI=1S/C21H32N6O3/c1-6-21(2,3)27-20(23-24-25-27)18(26-11-9-14(10-12-26)19(22)28)15-7-8-16(29-4)17(13-15)30-5/h7-8,13-14,18H,6,9-12H2,1-5H3,(H2,22,28). The van der Waals surface area contributed by atoms with Gasteiger partial charge in [-0.25, -0.2) is 4.68 Å². The summed E-state index contributed by atoms with van der Waals surface area (Å²) < 4.78 is 12.9. The summed E-state index contributed by atoms with van der Waals surface area (Å²) in [5.74, 6) is 1.78. The van der Waals surface area contributed by atoms with Crippen LogP contribution in [0.3, 0.4) is 0 Å². The Morgan fingerprint density at radius 2 is 1.90 bits per heavy atom. The normalized spacial score (nSPS) is 17.0. The first-order valence-corrected chi connectivity index (χ1v) is 10.4. The molecule has 164 valence electrons. The lowest BCUT2D eigenvalue weighted by Crippen LogP contribution is -2.42. The molecule has 9 nitrogen and oxygen atoms in total. The summed E-state index contributed by atoms with van der Waals surface area (Å²) in [5.41, 5.74) is 6.31. The molecule has 1 aliphatic rings. The van der Waals surface area contributed by atoms with Crippen LogP contribution in [0, 0.1) is 5.92 Å². The molecule has 2 aromatic rings. The van der Waals surface area contributed by atoms with E-state index in [0.29, 0.717) is 11.5 Å². The van der Waals surface area contributed by atoms with Crippen LogP contribution in [-0.4, -0.2) is 58.3 Å². The smallest absolute Gasteiger partial charge is 0.220 e. The molecule has 1 saturated heterocycles. The molecule has 1 atom stereocenters. The summed E-state index contributed by atoms with van der Waals surface area (Å²) in [6.45, 7) is 7.82. The van der Waals surface area contributed by atoms with Crippen molar-refractivity contribution in [3.63, 3.8) is 0 Å². The van der Waals surface area contributed by atoms with E-state index in [1.807, 2.05) is 22.9 Å². The lowest BCUT2D eigenvalue weighted by Gasteiger charge is -2.37. The van der Waals surface area contributed by atoms with Crippen LogP contribution in [0.1, 0.15) is 57.5 Å². The highest BCUT2D eigenvalue weighted by Gasteiger charge is 2.35. The molecule has 1 amide bonds. The van der Waals surface area contributed by atoms with Crippen molar-refractivity contribution in [1.82, 2.24) is 25.1 Å². The van der Waals surface area contributed by atoms with Gasteiger partial charge in [-0.2, -0.15) is 0 Å². The number of rotatable bonds is 8. The van der Waals surface area contributed by atoms with E-state index in [-0.39, 0.29) is 23.4 Å². The summed E-state index contributed by atoms with van der Waals surface area (Å²) >= 11 is 0. The van der Waals surface area contributed by atoms with Gasteiger partial charge in [-0.3, -0.25) is 9.69 Å². The predicted molar refractivity (Wildman–Crippen MR) is 112 cm³/mol. The van der Waals surface area contributed by atoms with Crippen molar-refractivity contribution in [3.05, 3.63) is 29.6 Å². The Bertz CT molecular complexity index is 873. The van der Waals surface area contributed by atoms with Crippen molar-refractivity contribution in [2.75, 3.05) is 27.3 Å². The summed E-state index contributed by atoms with van der Waals surface area (Å²) in [6, 6.07) is 5.71. The number of primary amides is 1. The number of benzene rings is 1. The first-order chi connectivity index (χ1) is 14.3. The number of carbonyl (C=O) groups is 1. The minimum absolute atomic E-state index is 0.0876. The Hall–Kier alpha value is -2.68. The quantitative estimate of drug-likeness (QED) is 0.702. The molecule has 1 unspecified atom stereocenters. The number of nitrogens with zero attached hydrogens (tertiary/aromatic N) is 5. The Labute approximate surface area is 177 Å². The van der Waals surface area contributed by atoms with E-state index in [2.05, 4.69) is 41.2 Å². The molecule has 1 aromatic carbocycles. The fourth-order valence-corrected chi connectivity index (χ4v) is 3.93. The van der Waals surface area contributed by atoms with Crippen LogP contribution in [0.2, 0.25) is 0 Å². The van der Waals surface area contributed by atoms with Crippen molar-refractivity contribution in [3.8, 4) is 11.5 Å². The fourth-order valence-electron chi connectivity index (χ4n) is 3.93. The van der Waals surface area contributed by atoms with Gasteiger partial charge in [0.05, 0.1) is 25.8 Å². The molecular formula is C21H32N6O3. The average molecular weight is 417 g/mol. The molecule has 9 heteroatoms. The Morgan fingerprint density at radius 3 is 2.47 bits per heavy atom. The number of methoxy groups -OCH3 is 2. The molecule has 0 aliphatic carbocycles. The zero-order chi connectivity index (χ0) is 21.9. The molecule has 1 fully saturated rings. The van der Waals surface area contributed by atoms with Gasteiger partial charge in [-0.1, -0.05) is 13.0 Å². The zero-order valence-electron chi connectivity index (χ0n) is 18.5. The first kappa shape index (κ1) is 22.0. The van der Waals surface area contributed by atoms with Crippen molar-refractivity contribution in [2.24, 2.45) is 11.7 Å². The van der Waals surface area contributed by atoms with E-state index in [1.165, 1.54) is 0 Å². The van der Waals surface area contributed by atoms with Crippen LogP contribution in [0.4, 0.5) is 0 Å². The van der Waals surface area contributed by atoms with E-state index < -0.39 is 0 Å². The average Bonchev–Trinajstić information content (AvgIpc) is 3.24. The topological polar surface area (TPSA) is 108 Å². The second-order valence-electron chi connectivity index (χ2n) is 8.34. The number of aromatic nitrogens is 4. The van der Waals surface area contributed by atoms with Crippen molar-refractivity contribution < 1.29 is 14.3 Å². The SMILES string of the molecule is CCC(C)(C)n1nnnc1C(c1ccc(OC)c(OC)c1)N1CCC(C(N)=O)CC1. The minimum Gasteiger partial charge on any atom is -0.493 e. The molecule has 0 bridgehead atoms. The molecular weight excluding hydrogens is 384 g/mol. The number of ether oxygens (including phenoxy) is 2. The van der Waals surface area contributed by atoms with Gasteiger partial charge in [-0.15, -0.1) is 5.10 Å². The Morgan fingerprint density at radius 1 is 1.23 bits per heavy atom. The third-order valence-corrected chi connectivity index (χ3v) is 6.20. The highest BCUT2D eigenvalue weighted by molar-refractivity contribution is 5.76. The summed E-state index contributed by atoms with van der Waals surface area (Å²) in [4.78, 5) is 14.0. The third kappa shape index (κ3) is 4.26. The van der Waals surface area contributed by atoms with Gasteiger partial charge in [0.25, 0.3) is 0 Å². The highest BCUT2D eigenvalue weighted by atomic mass is 16.5. The number of piperidine rings is 1. The van der Waals surface area contributed by atoms with Gasteiger partial charge in [0, 0.05) is 5.92 Å². The van der Waals surface area contributed by atoms with Crippen LogP contribution >= 0.6 is 0 Å². The number of tetrazole rings is 1. The number of amides is 1. The molecule has 30 heavy (non-hydrogen) atoms. The van der Waals surface area contributed by atoms with Crippen LogP contribution in [-0.2, 0) is 10.3 Å². The van der Waals surface area contributed by atoms with Crippen molar-refractivity contribution in [1.29, 1.82) is 0 Å². The lowest BCUT2D eigenvalue weighted by atomic mass is 9.93.